The summed E-state index contributed by atoms with van der Waals surface area (Å²) in [7, 11) is 0. The van der Waals surface area contributed by atoms with Gasteiger partial charge in [0.2, 0.25) is 0 Å². The zero-order valence-electron chi connectivity index (χ0n) is 9.60. The minimum atomic E-state index is -0.125. The quantitative estimate of drug-likeness (QED) is 0.328. The van der Waals surface area contributed by atoms with Crippen molar-refractivity contribution in [2.45, 2.75) is 76.6 Å². The summed E-state index contributed by atoms with van der Waals surface area (Å²) in [5.74, 6) is 0. The van der Waals surface area contributed by atoms with Crippen LogP contribution in [0.5, 0.6) is 0 Å². The summed E-state index contributed by atoms with van der Waals surface area (Å²) in [4.78, 5) is 0. The predicted octanol–water partition coefficient (Wildman–Crippen LogP) is 4.43. The molecule has 0 rings (SSSR count). The van der Waals surface area contributed by atoms with E-state index in [4.69, 9.17) is 17.3 Å². The van der Waals surface area contributed by atoms with Crippen molar-refractivity contribution in [3.05, 3.63) is 0 Å². The largest absolute Gasteiger partial charge is 0.315 e. The van der Waals surface area contributed by atoms with Gasteiger partial charge in [-0.1, -0.05) is 64.7 Å². The van der Waals surface area contributed by atoms with Gasteiger partial charge in [0.25, 0.3) is 0 Å². The van der Waals surface area contributed by atoms with E-state index in [2.05, 4.69) is 6.92 Å². The number of hydrogen-bond acceptors (Lipinski definition) is 1. The van der Waals surface area contributed by atoms with Crippen molar-refractivity contribution < 1.29 is 0 Å². The van der Waals surface area contributed by atoms with Crippen LogP contribution in [0.2, 0.25) is 0 Å². The monoisotopic (exact) mass is 219 g/mol. The van der Waals surface area contributed by atoms with Crippen LogP contribution in [-0.2, 0) is 0 Å². The van der Waals surface area contributed by atoms with E-state index in [0.29, 0.717) is 0 Å². The summed E-state index contributed by atoms with van der Waals surface area (Å²) in [6, 6.07) is 0. The smallest absolute Gasteiger partial charge is 0.0800 e. The maximum Gasteiger partial charge on any atom is 0.0800 e. The van der Waals surface area contributed by atoms with Gasteiger partial charge >= 0.3 is 0 Å². The minimum absolute atomic E-state index is 0.125. The highest BCUT2D eigenvalue weighted by molar-refractivity contribution is 6.20. The third-order valence-corrected chi connectivity index (χ3v) is 2.80. The first-order valence-corrected chi connectivity index (χ1v) is 6.60. The standard InChI is InChI=1S/C12H26ClN/c1-2-3-4-5-6-7-8-9-10-11-12(13)14/h12H,2-11,14H2,1H3. The summed E-state index contributed by atoms with van der Waals surface area (Å²) >= 11 is 5.65. The van der Waals surface area contributed by atoms with E-state index >= 15 is 0 Å². The Labute approximate surface area is 94.4 Å². The van der Waals surface area contributed by atoms with Crippen molar-refractivity contribution in [2.75, 3.05) is 0 Å². The molecule has 14 heavy (non-hydrogen) atoms. The van der Waals surface area contributed by atoms with E-state index in [1.165, 1.54) is 57.8 Å². The molecule has 0 bridgehead atoms. The zero-order valence-corrected chi connectivity index (χ0v) is 10.4. The number of rotatable bonds is 10. The molecule has 0 spiro atoms. The van der Waals surface area contributed by atoms with Crippen molar-refractivity contribution in [2.24, 2.45) is 5.73 Å². The molecule has 1 nitrogen and oxygen atoms in total. The number of halogens is 1. The highest BCUT2D eigenvalue weighted by Crippen LogP contribution is 2.11. The molecular formula is C12H26ClN. The zero-order chi connectivity index (χ0) is 10.6. The Balaban J connectivity index is 2.85. The number of nitrogens with two attached hydrogens (primary N) is 1. The molecule has 1 atom stereocenters. The lowest BCUT2D eigenvalue weighted by Gasteiger charge is -2.03. The fourth-order valence-electron chi connectivity index (χ4n) is 1.65. The van der Waals surface area contributed by atoms with Gasteiger partial charge in [-0.3, -0.25) is 0 Å². The van der Waals surface area contributed by atoms with Crippen LogP contribution in [0.3, 0.4) is 0 Å². The number of unbranched alkanes of at least 4 members (excludes halogenated alkanes) is 8. The van der Waals surface area contributed by atoms with Crippen LogP contribution in [0.25, 0.3) is 0 Å². The van der Waals surface area contributed by atoms with Crippen molar-refractivity contribution in [3.8, 4) is 0 Å². The Hall–Kier alpha value is 0.250. The Kier molecular flexibility index (Phi) is 11.5. The lowest BCUT2D eigenvalue weighted by molar-refractivity contribution is 0.553. The van der Waals surface area contributed by atoms with E-state index in [9.17, 15) is 0 Å². The van der Waals surface area contributed by atoms with Gasteiger partial charge in [-0.15, -0.1) is 11.6 Å². The van der Waals surface area contributed by atoms with Gasteiger partial charge in [0.1, 0.15) is 0 Å². The molecule has 2 heteroatoms. The van der Waals surface area contributed by atoms with Crippen LogP contribution in [0.1, 0.15) is 71.1 Å². The first kappa shape index (κ1) is 14.2. The van der Waals surface area contributed by atoms with Gasteiger partial charge in [-0.25, -0.2) is 0 Å². The summed E-state index contributed by atoms with van der Waals surface area (Å²) < 4.78 is 0. The van der Waals surface area contributed by atoms with Gasteiger partial charge in [-0.2, -0.15) is 0 Å². The summed E-state index contributed by atoms with van der Waals surface area (Å²) in [6.07, 6.45) is 13.2. The normalized spacial score (nSPS) is 13.1. The maximum absolute atomic E-state index is 5.65. The van der Waals surface area contributed by atoms with E-state index < -0.39 is 0 Å². The van der Waals surface area contributed by atoms with Gasteiger partial charge in [0.05, 0.1) is 5.50 Å². The van der Waals surface area contributed by atoms with Gasteiger partial charge in [0, 0.05) is 0 Å². The summed E-state index contributed by atoms with van der Waals surface area (Å²) in [5, 5.41) is 0. The molecule has 0 aromatic rings. The molecule has 0 aromatic heterocycles. The molecule has 0 aliphatic heterocycles. The fourth-order valence-corrected chi connectivity index (χ4v) is 1.80. The van der Waals surface area contributed by atoms with Crippen molar-refractivity contribution in [1.82, 2.24) is 0 Å². The topological polar surface area (TPSA) is 26.0 Å². The lowest BCUT2D eigenvalue weighted by Crippen LogP contribution is -2.10. The third-order valence-electron chi connectivity index (χ3n) is 2.58. The molecule has 2 N–H and O–H groups in total. The molecule has 0 saturated carbocycles. The number of alkyl halides is 1. The van der Waals surface area contributed by atoms with Gasteiger partial charge in [-0.05, 0) is 6.42 Å². The molecular weight excluding hydrogens is 194 g/mol. The molecule has 1 unspecified atom stereocenters. The Bertz CT molecular complexity index is 104. The Morgan fingerprint density at radius 3 is 1.71 bits per heavy atom. The predicted molar refractivity (Wildman–Crippen MR) is 65.7 cm³/mol. The molecule has 0 aliphatic carbocycles. The summed E-state index contributed by atoms with van der Waals surface area (Å²) in [6.45, 7) is 2.26. The van der Waals surface area contributed by atoms with Gasteiger partial charge in [0.15, 0.2) is 0 Å². The van der Waals surface area contributed by atoms with E-state index in [0.717, 1.165) is 6.42 Å². The average molecular weight is 220 g/mol. The molecule has 0 saturated heterocycles. The van der Waals surface area contributed by atoms with Crippen LogP contribution in [0.4, 0.5) is 0 Å². The second kappa shape index (κ2) is 11.3. The SMILES string of the molecule is CCCCCCCCCCCC(N)Cl. The first-order valence-electron chi connectivity index (χ1n) is 6.17. The van der Waals surface area contributed by atoms with Crippen LogP contribution < -0.4 is 5.73 Å². The minimum Gasteiger partial charge on any atom is -0.315 e. The highest BCUT2D eigenvalue weighted by Gasteiger charge is 1.96. The van der Waals surface area contributed by atoms with Crippen LogP contribution in [-0.4, -0.2) is 5.50 Å². The van der Waals surface area contributed by atoms with Crippen molar-refractivity contribution in [1.29, 1.82) is 0 Å². The van der Waals surface area contributed by atoms with E-state index in [1.807, 2.05) is 0 Å². The fraction of sp³-hybridized carbons (Fsp3) is 1.00. The number of hydrogen-bond donors (Lipinski definition) is 1. The highest BCUT2D eigenvalue weighted by atomic mass is 35.5. The molecule has 0 radical (unpaired) electrons. The lowest BCUT2D eigenvalue weighted by atomic mass is 10.1. The van der Waals surface area contributed by atoms with Crippen LogP contribution in [0.15, 0.2) is 0 Å². The van der Waals surface area contributed by atoms with E-state index in [1.54, 1.807) is 0 Å². The second-order valence-corrected chi connectivity index (χ2v) is 4.69. The molecule has 86 valence electrons. The van der Waals surface area contributed by atoms with Crippen molar-refractivity contribution in [3.63, 3.8) is 0 Å². The second-order valence-electron chi connectivity index (χ2n) is 4.13. The molecule has 0 heterocycles. The first-order chi connectivity index (χ1) is 6.77. The molecule has 0 amide bonds. The summed E-state index contributed by atoms with van der Waals surface area (Å²) in [5.41, 5.74) is 5.33. The third kappa shape index (κ3) is 12.2. The van der Waals surface area contributed by atoms with Crippen LogP contribution in [0, 0.1) is 0 Å². The van der Waals surface area contributed by atoms with Gasteiger partial charge < -0.3 is 5.73 Å². The van der Waals surface area contributed by atoms with E-state index in [-0.39, 0.29) is 5.50 Å². The molecule has 0 aromatic carbocycles. The average Bonchev–Trinajstić information content (AvgIpc) is 2.15. The molecule has 0 aliphatic rings. The van der Waals surface area contributed by atoms with Crippen molar-refractivity contribution >= 4 is 11.6 Å². The molecule has 0 fully saturated rings. The maximum atomic E-state index is 5.65. The Morgan fingerprint density at radius 1 is 0.857 bits per heavy atom. The Morgan fingerprint density at radius 2 is 1.29 bits per heavy atom. The van der Waals surface area contributed by atoms with Crippen LogP contribution >= 0.6 is 11.6 Å².